The maximum atomic E-state index is 12.8. The molecule has 0 spiro atoms. The van der Waals surface area contributed by atoms with Crippen LogP contribution in [-0.2, 0) is 0 Å². The lowest BCUT2D eigenvalue weighted by atomic mass is 10.2. The van der Waals surface area contributed by atoms with Crippen LogP contribution in [0.4, 0.5) is 17.6 Å². The molecule has 0 unspecified atom stereocenters. The molecule has 0 atom stereocenters. The highest BCUT2D eigenvalue weighted by Gasteiger charge is 2.57. The summed E-state index contributed by atoms with van der Waals surface area (Å²) in [5.74, 6) is -0.518. The number of ether oxygens (including phenoxy) is 1. The number of hydrogen-bond acceptors (Lipinski definition) is 2. The predicted octanol–water partition coefficient (Wildman–Crippen LogP) is 4.02. The van der Waals surface area contributed by atoms with Gasteiger partial charge in [-0.2, -0.15) is 17.6 Å². The van der Waals surface area contributed by atoms with Crippen LogP contribution in [-0.4, -0.2) is 16.2 Å². The van der Waals surface area contributed by atoms with Crippen molar-refractivity contribution in [2.75, 3.05) is 0 Å². The smallest absolute Gasteiger partial charge is 0.427 e. The number of hydrogen-bond donors (Lipinski definition) is 0. The quantitative estimate of drug-likeness (QED) is 0.472. The summed E-state index contributed by atoms with van der Waals surface area (Å²) in [5, 5.41) is -0.797. The molecule has 0 radical (unpaired) electrons. The highest BCUT2D eigenvalue weighted by molar-refractivity contribution is 9.10. The van der Waals surface area contributed by atoms with Gasteiger partial charge in [-0.15, -0.1) is 0 Å². The Morgan fingerprint density at radius 3 is 2.00 bits per heavy atom. The lowest BCUT2D eigenvalue weighted by molar-refractivity contribution is -0.266. The Labute approximate surface area is 107 Å². The van der Waals surface area contributed by atoms with Crippen molar-refractivity contribution in [3.63, 3.8) is 0 Å². The Hall–Kier alpha value is -0.820. The van der Waals surface area contributed by atoms with Crippen LogP contribution in [0.15, 0.2) is 24.3 Å². The zero-order valence-electron chi connectivity index (χ0n) is 7.89. The van der Waals surface area contributed by atoms with Gasteiger partial charge in [0.2, 0.25) is 0 Å². The van der Waals surface area contributed by atoms with Gasteiger partial charge in [0, 0.05) is 21.5 Å². The summed E-state index contributed by atoms with van der Waals surface area (Å²) in [5.41, 5.74) is 0.0351. The lowest BCUT2D eigenvalue weighted by Gasteiger charge is -2.21. The number of carbonyl (C=O) groups is 1. The van der Waals surface area contributed by atoms with Gasteiger partial charge in [0.05, 0.1) is 0 Å². The monoisotopic (exact) mass is 334 g/mol. The van der Waals surface area contributed by atoms with E-state index in [2.05, 4.69) is 4.74 Å². The van der Waals surface area contributed by atoms with Gasteiger partial charge in [-0.1, -0.05) is 0 Å². The van der Waals surface area contributed by atoms with Crippen LogP contribution >= 0.6 is 27.5 Å². The molecule has 0 aliphatic heterocycles. The van der Waals surface area contributed by atoms with Crippen molar-refractivity contribution in [3.05, 3.63) is 29.8 Å². The van der Waals surface area contributed by atoms with Crippen molar-refractivity contribution in [2.45, 2.75) is 10.9 Å². The molecule has 0 heterocycles. The minimum atomic E-state index is -4.71. The van der Waals surface area contributed by atoms with E-state index in [0.29, 0.717) is 0 Å². The van der Waals surface area contributed by atoms with Gasteiger partial charge in [0.25, 0.3) is 5.24 Å². The zero-order valence-corrected chi connectivity index (χ0v) is 10.2. The molecule has 1 aromatic carbocycles. The molecular weight excluding hydrogens is 331 g/mol. The zero-order chi connectivity index (χ0) is 13.3. The van der Waals surface area contributed by atoms with Gasteiger partial charge in [0.15, 0.2) is 0 Å². The summed E-state index contributed by atoms with van der Waals surface area (Å²) in [4.78, 5) is 6.15. The molecule has 0 bridgehead atoms. The highest BCUT2D eigenvalue weighted by atomic mass is 79.9. The van der Waals surface area contributed by atoms with Crippen LogP contribution in [0, 0.1) is 0 Å². The first-order chi connectivity index (χ1) is 7.63. The molecule has 0 N–H and O–H groups in total. The van der Waals surface area contributed by atoms with Crippen LogP contribution in [0.2, 0.25) is 0 Å². The van der Waals surface area contributed by atoms with Crippen molar-refractivity contribution in [3.8, 4) is 5.75 Å². The summed E-state index contributed by atoms with van der Waals surface area (Å²) in [7, 11) is 0. The SMILES string of the molecule is O=C(Cl)c1ccc(OC(F)(F)C(F)(F)Br)cc1. The maximum absolute atomic E-state index is 12.8. The van der Waals surface area contributed by atoms with Gasteiger partial charge >= 0.3 is 10.9 Å². The largest absolute Gasteiger partial charge is 0.475 e. The molecule has 17 heavy (non-hydrogen) atoms. The molecule has 0 fully saturated rings. The van der Waals surface area contributed by atoms with E-state index in [0.717, 1.165) is 24.3 Å². The summed E-state index contributed by atoms with van der Waals surface area (Å²) >= 11 is 6.62. The van der Waals surface area contributed by atoms with Crippen LogP contribution in [0.25, 0.3) is 0 Å². The average Bonchev–Trinajstić information content (AvgIpc) is 2.16. The van der Waals surface area contributed by atoms with E-state index in [4.69, 9.17) is 11.6 Å². The van der Waals surface area contributed by atoms with Gasteiger partial charge in [0.1, 0.15) is 5.75 Å². The lowest BCUT2D eigenvalue weighted by Crippen LogP contribution is -2.40. The molecule has 0 amide bonds. The van der Waals surface area contributed by atoms with E-state index in [9.17, 15) is 22.4 Å². The second-order valence-corrected chi connectivity index (χ2v) is 4.25. The van der Waals surface area contributed by atoms with Gasteiger partial charge in [-0.05, 0) is 35.9 Å². The molecular formula is C9H4BrClF4O2. The van der Waals surface area contributed by atoms with Crippen LogP contribution in [0.5, 0.6) is 5.75 Å². The van der Waals surface area contributed by atoms with Crippen LogP contribution in [0.1, 0.15) is 10.4 Å². The van der Waals surface area contributed by atoms with Crippen molar-refractivity contribution >= 4 is 32.8 Å². The van der Waals surface area contributed by atoms with Crippen molar-refractivity contribution in [1.82, 2.24) is 0 Å². The van der Waals surface area contributed by atoms with E-state index < -0.39 is 21.9 Å². The molecule has 0 saturated carbocycles. The second-order valence-electron chi connectivity index (χ2n) is 2.91. The normalized spacial score (nSPS) is 12.4. The molecule has 0 aromatic heterocycles. The highest BCUT2D eigenvalue weighted by Crippen LogP contribution is 2.40. The Bertz CT molecular complexity index is 416. The Morgan fingerprint density at radius 1 is 1.18 bits per heavy atom. The first-order valence-electron chi connectivity index (χ1n) is 4.07. The third-order valence-electron chi connectivity index (χ3n) is 1.66. The first-order valence-corrected chi connectivity index (χ1v) is 5.24. The van der Waals surface area contributed by atoms with Gasteiger partial charge < -0.3 is 4.74 Å². The average molecular weight is 335 g/mol. The van der Waals surface area contributed by atoms with E-state index in [1.807, 2.05) is 0 Å². The van der Waals surface area contributed by atoms with E-state index in [-0.39, 0.29) is 5.56 Å². The van der Waals surface area contributed by atoms with Crippen molar-refractivity contribution < 1.29 is 27.1 Å². The number of benzene rings is 1. The van der Waals surface area contributed by atoms with Crippen LogP contribution in [0.3, 0.4) is 0 Å². The third kappa shape index (κ3) is 3.57. The summed E-state index contributed by atoms with van der Waals surface area (Å²) in [6.45, 7) is 0. The summed E-state index contributed by atoms with van der Waals surface area (Å²) < 4.78 is 54.1. The van der Waals surface area contributed by atoms with Gasteiger partial charge in [-0.25, -0.2) is 0 Å². The summed E-state index contributed by atoms with van der Waals surface area (Å²) in [6.07, 6.45) is -4.71. The maximum Gasteiger partial charge on any atom is 0.475 e. The Balaban J connectivity index is 2.86. The molecule has 2 nitrogen and oxygen atoms in total. The Morgan fingerprint density at radius 2 is 1.65 bits per heavy atom. The fourth-order valence-electron chi connectivity index (χ4n) is 0.860. The number of rotatable bonds is 4. The molecule has 0 saturated heterocycles. The molecule has 8 heteroatoms. The number of halogens is 6. The molecule has 1 rings (SSSR count). The van der Waals surface area contributed by atoms with Crippen molar-refractivity contribution in [1.29, 1.82) is 0 Å². The van der Waals surface area contributed by atoms with Crippen molar-refractivity contribution in [2.24, 2.45) is 0 Å². The van der Waals surface area contributed by atoms with Gasteiger partial charge in [-0.3, -0.25) is 4.79 Å². The fourth-order valence-corrected chi connectivity index (χ4v) is 1.07. The standard InChI is InChI=1S/C9H4BrClF4O2/c10-8(12,13)9(14,15)17-6-3-1-5(2-4-6)7(11)16/h1-4H. The number of alkyl halides is 5. The number of carbonyl (C=O) groups excluding carboxylic acids is 1. The third-order valence-corrected chi connectivity index (χ3v) is 2.34. The minimum Gasteiger partial charge on any atom is -0.427 e. The Kier molecular flexibility index (Phi) is 4.03. The van der Waals surface area contributed by atoms with E-state index in [1.54, 1.807) is 0 Å². The molecule has 0 aliphatic rings. The van der Waals surface area contributed by atoms with E-state index in [1.165, 1.54) is 15.9 Å². The molecule has 94 valence electrons. The van der Waals surface area contributed by atoms with E-state index >= 15 is 0 Å². The predicted molar refractivity (Wildman–Crippen MR) is 56.1 cm³/mol. The second kappa shape index (κ2) is 4.81. The summed E-state index contributed by atoms with van der Waals surface area (Å²) in [6, 6.07) is 4.02. The minimum absolute atomic E-state index is 0.0351. The van der Waals surface area contributed by atoms with Crippen LogP contribution < -0.4 is 4.74 Å². The first kappa shape index (κ1) is 14.2. The topological polar surface area (TPSA) is 26.3 Å². The molecule has 0 aliphatic carbocycles. The fraction of sp³-hybridized carbons (Fsp3) is 0.222. The molecule has 1 aromatic rings.